The molecule has 5 heteroatoms. The normalized spacial score (nSPS) is 12.0. The van der Waals surface area contributed by atoms with Crippen LogP contribution in [0.2, 0.25) is 0 Å². The largest absolute Gasteiger partial charge is 0.491 e. The molecule has 2 aromatic rings. The summed E-state index contributed by atoms with van der Waals surface area (Å²) >= 11 is 0. The highest BCUT2D eigenvalue weighted by molar-refractivity contribution is 5.59. The lowest BCUT2D eigenvalue weighted by Gasteiger charge is -2.14. The third kappa shape index (κ3) is 12.4. The number of rotatable bonds is 20. The average molecular weight is 471 g/mol. The van der Waals surface area contributed by atoms with E-state index in [4.69, 9.17) is 14.2 Å². The highest BCUT2D eigenvalue weighted by atomic mass is 16.5. The molecule has 2 rings (SSSR count). The maximum absolute atomic E-state index is 5.88. The summed E-state index contributed by atoms with van der Waals surface area (Å²) in [6, 6.07) is 11.8. The summed E-state index contributed by atoms with van der Waals surface area (Å²) in [5, 5.41) is 8.55. The van der Waals surface area contributed by atoms with Gasteiger partial charge in [0.15, 0.2) is 0 Å². The molecule has 0 bridgehead atoms. The van der Waals surface area contributed by atoms with Crippen LogP contribution in [0.5, 0.6) is 11.6 Å². The van der Waals surface area contributed by atoms with E-state index < -0.39 is 0 Å². The van der Waals surface area contributed by atoms with Gasteiger partial charge in [-0.25, -0.2) is 0 Å². The molecule has 0 saturated carbocycles. The van der Waals surface area contributed by atoms with Crippen LogP contribution in [0.3, 0.4) is 0 Å². The van der Waals surface area contributed by atoms with Gasteiger partial charge in [0.2, 0.25) is 5.88 Å². The van der Waals surface area contributed by atoms with Crippen LogP contribution >= 0.6 is 0 Å². The Morgan fingerprint density at radius 1 is 0.647 bits per heavy atom. The molecule has 1 atom stereocenters. The van der Waals surface area contributed by atoms with Crippen molar-refractivity contribution >= 4 is 0 Å². The van der Waals surface area contributed by atoms with E-state index in [1.807, 2.05) is 36.4 Å². The van der Waals surface area contributed by atoms with E-state index in [1.165, 1.54) is 64.2 Å². The van der Waals surface area contributed by atoms with Gasteiger partial charge in [-0.3, -0.25) is 0 Å². The summed E-state index contributed by atoms with van der Waals surface area (Å²) in [7, 11) is 0. The van der Waals surface area contributed by atoms with Crippen LogP contribution in [0.15, 0.2) is 36.4 Å². The van der Waals surface area contributed by atoms with Gasteiger partial charge in [-0.15, -0.1) is 10.2 Å². The van der Waals surface area contributed by atoms with Crippen molar-refractivity contribution in [2.24, 2.45) is 0 Å². The molecule has 0 aliphatic carbocycles. The van der Waals surface area contributed by atoms with Crippen molar-refractivity contribution in [3.05, 3.63) is 36.4 Å². The second-order valence-electron chi connectivity index (χ2n) is 9.16. The second-order valence-corrected chi connectivity index (χ2v) is 9.16. The Morgan fingerprint density at radius 3 is 1.88 bits per heavy atom. The molecule has 0 fully saturated rings. The van der Waals surface area contributed by atoms with E-state index in [2.05, 4.69) is 31.0 Å². The number of benzene rings is 1. The van der Waals surface area contributed by atoms with Gasteiger partial charge >= 0.3 is 0 Å². The molecule has 0 N–H and O–H groups in total. The Labute approximate surface area is 207 Å². The Hall–Kier alpha value is -2.14. The zero-order chi connectivity index (χ0) is 24.3. The summed E-state index contributed by atoms with van der Waals surface area (Å²) in [6.07, 6.45) is 15.3. The molecule has 1 aromatic heterocycles. The molecule has 1 unspecified atom stereocenters. The Kier molecular flexibility index (Phi) is 15.1. The minimum atomic E-state index is 0.0883. The number of unbranched alkanes of at least 4 members (excludes halogenated alkanes) is 10. The van der Waals surface area contributed by atoms with E-state index in [1.54, 1.807) is 0 Å². The topological polar surface area (TPSA) is 53.5 Å². The van der Waals surface area contributed by atoms with Gasteiger partial charge in [0.05, 0.1) is 18.4 Å². The fraction of sp³-hybridized carbons (Fsp3) is 0.655. The lowest BCUT2D eigenvalue weighted by atomic mass is 10.1. The standard InChI is InChI=1S/C29H46N2O3/c1-4-6-8-10-11-13-15-23-33-29-21-20-28(30-31-29)26-16-18-27(19-17-26)34-24-25(3)32-22-14-12-9-7-5-2/h16-21,25H,4-15,22-24H2,1-3H3. The van der Waals surface area contributed by atoms with E-state index in [0.717, 1.165) is 36.5 Å². The van der Waals surface area contributed by atoms with Crippen molar-refractivity contribution in [3.63, 3.8) is 0 Å². The first-order valence-electron chi connectivity index (χ1n) is 13.5. The van der Waals surface area contributed by atoms with Crippen molar-refractivity contribution < 1.29 is 14.2 Å². The van der Waals surface area contributed by atoms with Crippen LogP contribution in [-0.2, 0) is 4.74 Å². The van der Waals surface area contributed by atoms with Gasteiger partial charge in [-0.2, -0.15) is 0 Å². The molecule has 0 saturated heterocycles. The van der Waals surface area contributed by atoms with Crippen LogP contribution in [0.25, 0.3) is 11.3 Å². The molecule has 0 aliphatic heterocycles. The van der Waals surface area contributed by atoms with Gasteiger partial charge in [0.1, 0.15) is 12.4 Å². The van der Waals surface area contributed by atoms with Gasteiger partial charge < -0.3 is 14.2 Å². The van der Waals surface area contributed by atoms with Crippen LogP contribution in [-0.4, -0.2) is 36.1 Å². The van der Waals surface area contributed by atoms with E-state index >= 15 is 0 Å². The number of hydrogen-bond acceptors (Lipinski definition) is 5. The quantitative estimate of drug-likeness (QED) is 0.183. The number of ether oxygens (including phenoxy) is 3. The molecular weight excluding hydrogens is 424 g/mol. The second kappa shape index (κ2) is 18.2. The summed E-state index contributed by atoms with van der Waals surface area (Å²) in [5.74, 6) is 1.43. The van der Waals surface area contributed by atoms with E-state index in [9.17, 15) is 0 Å². The SMILES string of the molecule is CCCCCCCCCOc1ccc(-c2ccc(OCC(C)OCCCCCCC)cc2)nn1. The summed E-state index contributed by atoms with van der Waals surface area (Å²) in [6.45, 7) is 8.62. The number of nitrogens with zero attached hydrogens (tertiary/aromatic N) is 2. The first kappa shape index (κ1) is 28.1. The average Bonchev–Trinajstić information content (AvgIpc) is 2.87. The highest BCUT2D eigenvalue weighted by Crippen LogP contribution is 2.21. The van der Waals surface area contributed by atoms with Gasteiger partial charge in [-0.1, -0.05) is 78.1 Å². The highest BCUT2D eigenvalue weighted by Gasteiger charge is 2.06. The maximum Gasteiger partial charge on any atom is 0.233 e. The van der Waals surface area contributed by atoms with E-state index in [-0.39, 0.29) is 6.10 Å². The minimum Gasteiger partial charge on any atom is -0.491 e. The molecule has 34 heavy (non-hydrogen) atoms. The lowest BCUT2D eigenvalue weighted by Crippen LogP contribution is -2.18. The Bertz CT molecular complexity index is 734. The van der Waals surface area contributed by atoms with Crippen molar-refractivity contribution in [3.8, 4) is 22.9 Å². The minimum absolute atomic E-state index is 0.0883. The van der Waals surface area contributed by atoms with Crippen molar-refractivity contribution in [1.82, 2.24) is 10.2 Å². The van der Waals surface area contributed by atoms with Crippen molar-refractivity contribution in [2.75, 3.05) is 19.8 Å². The predicted molar refractivity (Wildman–Crippen MR) is 141 cm³/mol. The molecule has 0 aliphatic rings. The third-order valence-corrected chi connectivity index (χ3v) is 5.92. The smallest absolute Gasteiger partial charge is 0.233 e. The lowest BCUT2D eigenvalue weighted by molar-refractivity contribution is 0.0302. The Balaban J connectivity index is 1.63. The molecule has 0 spiro atoms. The summed E-state index contributed by atoms with van der Waals surface area (Å²) < 4.78 is 17.5. The zero-order valence-electron chi connectivity index (χ0n) is 21.8. The molecule has 190 valence electrons. The molecule has 5 nitrogen and oxygen atoms in total. The number of hydrogen-bond donors (Lipinski definition) is 0. The van der Waals surface area contributed by atoms with Gasteiger partial charge in [-0.05, 0) is 50.1 Å². The Morgan fingerprint density at radius 2 is 1.26 bits per heavy atom. The molecule has 0 radical (unpaired) electrons. The maximum atomic E-state index is 5.88. The van der Waals surface area contributed by atoms with E-state index in [0.29, 0.717) is 19.1 Å². The fourth-order valence-corrected chi connectivity index (χ4v) is 3.76. The molecule has 0 amide bonds. The number of aromatic nitrogens is 2. The molecule has 1 heterocycles. The summed E-state index contributed by atoms with van der Waals surface area (Å²) in [5.41, 5.74) is 1.84. The third-order valence-electron chi connectivity index (χ3n) is 5.92. The van der Waals surface area contributed by atoms with Crippen molar-refractivity contribution in [2.45, 2.75) is 104 Å². The van der Waals surface area contributed by atoms with Gasteiger partial charge in [0, 0.05) is 18.2 Å². The first-order chi connectivity index (χ1) is 16.7. The predicted octanol–water partition coefficient (Wildman–Crippen LogP) is 8.03. The van der Waals surface area contributed by atoms with Crippen LogP contribution in [0.4, 0.5) is 0 Å². The summed E-state index contributed by atoms with van der Waals surface area (Å²) in [4.78, 5) is 0. The zero-order valence-corrected chi connectivity index (χ0v) is 21.8. The molecular formula is C29H46N2O3. The molecule has 1 aromatic carbocycles. The van der Waals surface area contributed by atoms with Crippen LogP contribution in [0.1, 0.15) is 97.8 Å². The fourth-order valence-electron chi connectivity index (χ4n) is 3.76. The van der Waals surface area contributed by atoms with Gasteiger partial charge in [0.25, 0.3) is 0 Å². The van der Waals surface area contributed by atoms with Crippen LogP contribution in [0, 0.1) is 0 Å². The van der Waals surface area contributed by atoms with Crippen molar-refractivity contribution in [1.29, 1.82) is 0 Å². The monoisotopic (exact) mass is 470 g/mol. The first-order valence-corrected chi connectivity index (χ1v) is 13.5. The van der Waals surface area contributed by atoms with Crippen LogP contribution < -0.4 is 9.47 Å².